The Hall–Kier alpha value is -1.12. The molecule has 1 fully saturated rings. The first kappa shape index (κ1) is 14.3. The number of hydrogen-bond donors (Lipinski definition) is 0. The molecule has 0 saturated carbocycles. The molecular formula is C10H10ClNO5S2. The van der Waals surface area contributed by atoms with Gasteiger partial charge in [0.05, 0.1) is 22.3 Å². The number of rotatable bonds is 2. The minimum absolute atomic E-state index is 0.110. The lowest BCUT2D eigenvalue weighted by molar-refractivity contribution is -0.119. The fourth-order valence-electron chi connectivity index (χ4n) is 1.83. The first-order valence-electron chi connectivity index (χ1n) is 5.24. The summed E-state index contributed by atoms with van der Waals surface area (Å²) < 4.78 is 46.5. The van der Waals surface area contributed by atoms with Crippen LogP contribution in [-0.2, 0) is 23.9 Å². The highest BCUT2D eigenvalue weighted by Crippen LogP contribution is 2.29. The molecule has 9 heteroatoms. The Labute approximate surface area is 115 Å². The van der Waals surface area contributed by atoms with Crippen molar-refractivity contribution in [2.45, 2.75) is 11.8 Å². The predicted octanol–water partition coefficient (Wildman–Crippen LogP) is 0.927. The summed E-state index contributed by atoms with van der Waals surface area (Å²) in [5.74, 6) is -1.38. The van der Waals surface area contributed by atoms with Gasteiger partial charge in [-0.2, -0.15) is 0 Å². The molecule has 1 amide bonds. The number of carbonyl (C=O) groups is 1. The van der Waals surface area contributed by atoms with Crippen LogP contribution >= 0.6 is 10.7 Å². The largest absolute Gasteiger partial charge is 0.273 e. The Bertz CT molecular complexity index is 724. The molecule has 1 saturated heterocycles. The summed E-state index contributed by atoms with van der Waals surface area (Å²) in [5, 5.41) is 0. The topological polar surface area (TPSA) is 88.6 Å². The maximum atomic E-state index is 11.8. The van der Waals surface area contributed by atoms with Gasteiger partial charge < -0.3 is 0 Å². The van der Waals surface area contributed by atoms with E-state index in [9.17, 15) is 21.6 Å². The maximum absolute atomic E-state index is 11.8. The molecule has 0 bridgehead atoms. The zero-order valence-electron chi connectivity index (χ0n) is 9.78. The summed E-state index contributed by atoms with van der Waals surface area (Å²) in [6.07, 6.45) is 0. The highest BCUT2D eigenvalue weighted by molar-refractivity contribution is 8.13. The molecule has 19 heavy (non-hydrogen) atoms. The number of carbonyl (C=O) groups excluding carboxylic acids is 1. The van der Waals surface area contributed by atoms with Crippen molar-refractivity contribution in [1.82, 2.24) is 0 Å². The molecule has 1 aromatic rings. The lowest BCUT2D eigenvalue weighted by Crippen LogP contribution is -2.30. The number of nitrogens with zero attached hydrogens (tertiary/aromatic N) is 1. The number of sulfonamides is 1. The van der Waals surface area contributed by atoms with Gasteiger partial charge in [-0.25, -0.2) is 21.1 Å². The van der Waals surface area contributed by atoms with E-state index in [0.29, 0.717) is 4.31 Å². The van der Waals surface area contributed by atoms with Crippen molar-refractivity contribution in [3.05, 3.63) is 24.3 Å². The summed E-state index contributed by atoms with van der Waals surface area (Å²) in [7, 11) is -2.41. The number of anilines is 1. The molecule has 1 aliphatic heterocycles. The highest BCUT2D eigenvalue weighted by atomic mass is 35.7. The van der Waals surface area contributed by atoms with E-state index >= 15 is 0 Å². The van der Waals surface area contributed by atoms with Gasteiger partial charge in [-0.05, 0) is 24.3 Å². The highest BCUT2D eigenvalue weighted by Gasteiger charge is 2.41. The molecule has 0 radical (unpaired) electrons. The third kappa shape index (κ3) is 2.60. The van der Waals surface area contributed by atoms with E-state index in [1.807, 2.05) is 0 Å². The zero-order valence-corrected chi connectivity index (χ0v) is 12.2. The Morgan fingerprint density at radius 1 is 1.26 bits per heavy atom. The Morgan fingerprint density at radius 3 is 2.16 bits per heavy atom. The van der Waals surface area contributed by atoms with Gasteiger partial charge in [0.25, 0.3) is 9.05 Å². The van der Waals surface area contributed by atoms with E-state index in [0.717, 1.165) is 12.1 Å². The van der Waals surface area contributed by atoms with Gasteiger partial charge in [-0.3, -0.25) is 4.79 Å². The van der Waals surface area contributed by atoms with Crippen molar-refractivity contribution in [3.8, 4) is 0 Å². The van der Waals surface area contributed by atoms with Gasteiger partial charge in [-0.1, -0.05) is 6.92 Å². The van der Waals surface area contributed by atoms with Crippen LogP contribution < -0.4 is 4.31 Å². The third-order valence-electron chi connectivity index (χ3n) is 2.71. The van der Waals surface area contributed by atoms with E-state index < -0.39 is 30.9 Å². The lowest BCUT2D eigenvalue weighted by Gasteiger charge is -2.15. The molecule has 1 atom stereocenters. The van der Waals surface area contributed by atoms with Gasteiger partial charge in [0.2, 0.25) is 15.9 Å². The number of halogens is 1. The number of benzene rings is 1. The Morgan fingerprint density at radius 2 is 1.79 bits per heavy atom. The van der Waals surface area contributed by atoms with Crippen molar-refractivity contribution in [2.75, 3.05) is 10.1 Å². The van der Waals surface area contributed by atoms with Gasteiger partial charge in [0.15, 0.2) is 0 Å². The van der Waals surface area contributed by atoms with Crippen LogP contribution in [0.15, 0.2) is 29.2 Å². The molecule has 0 aromatic heterocycles. The number of hydrogen-bond acceptors (Lipinski definition) is 5. The third-order valence-corrected chi connectivity index (χ3v) is 5.95. The molecule has 6 nitrogen and oxygen atoms in total. The predicted molar refractivity (Wildman–Crippen MR) is 69.9 cm³/mol. The number of amides is 1. The second kappa shape index (κ2) is 4.46. The van der Waals surface area contributed by atoms with Crippen molar-refractivity contribution in [2.24, 2.45) is 5.92 Å². The van der Waals surface area contributed by atoms with Gasteiger partial charge >= 0.3 is 0 Å². The normalized spacial score (nSPS) is 22.7. The molecule has 1 aliphatic rings. The summed E-state index contributed by atoms with van der Waals surface area (Å²) >= 11 is 0. The monoisotopic (exact) mass is 323 g/mol. The molecule has 0 aliphatic carbocycles. The van der Waals surface area contributed by atoms with E-state index in [-0.39, 0.29) is 16.3 Å². The molecule has 104 valence electrons. The Kier molecular flexibility index (Phi) is 3.36. The summed E-state index contributed by atoms with van der Waals surface area (Å²) in [4.78, 5) is 11.6. The molecule has 0 unspecified atom stereocenters. The van der Waals surface area contributed by atoms with E-state index in [1.165, 1.54) is 19.1 Å². The zero-order chi connectivity index (χ0) is 14.4. The van der Waals surface area contributed by atoms with E-state index in [2.05, 4.69) is 0 Å². The lowest BCUT2D eigenvalue weighted by atomic mass is 10.2. The first-order valence-corrected chi connectivity index (χ1v) is 9.16. The molecule has 1 heterocycles. The van der Waals surface area contributed by atoms with Crippen LogP contribution in [0.2, 0.25) is 0 Å². The van der Waals surface area contributed by atoms with Crippen molar-refractivity contribution < 1.29 is 21.6 Å². The second-order valence-electron chi connectivity index (χ2n) is 4.21. The van der Waals surface area contributed by atoms with E-state index in [4.69, 9.17) is 10.7 Å². The molecule has 0 N–H and O–H groups in total. The van der Waals surface area contributed by atoms with Gasteiger partial charge in [0.1, 0.15) is 0 Å². The summed E-state index contributed by atoms with van der Waals surface area (Å²) in [5.41, 5.74) is 0.110. The maximum Gasteiger partial charge on any atom is 0.261 e. The van der Waals surface area contributed by atoms with Crippen LogP contribution in [0.5, 0.6) is 0 Å². The first-order chi connectivity index (χ1) is 8.63. The van der Waals surface area contributed by atoms with Crippen LogP contribution in [-0.4, -0.2) is 28.5 Å². The Balaban J connectivity index is 2.46. The van der Waals surface area contributed by atoms with Crippen molar-refractivity contribution >= 4 is 41.4 Å². The van der Waals surface area contributed by atoms with E-state index in [1.54, 1.807) is 0 Å². The van der Waals surface area contributed by atoms with Crippen molar-refractivity contribution in [1.29, 1.82) is 0 Å². The second-order valence-corrected chi connectivity index (χ2v) is 8.64. The molecule has 2 rings (SSSR count). The fraction of sp³-hybridized carbons (Fsp3) is 0.300. The van der Waals surface area contributed by atoms with Gasteiger partial charge in [0, 0.05) is 10.7 Å². The van der Waals surface area contributed by atoms with Gasteiger partial charge in [-0.15, -0.1) is 0 Å². The van der Waals surface area contributed by atoms with Crippen molar-refractivity contribution in [3.63, 3.8) is 0 Å². The SMILES string of the molecule is C[C@@H]1CS(=O)(=O)N(c2ccc(S(=O)(=O)Cl)cc2)C1=O. The quantitative estimate of drug-likeness (QED) is 0.755. The standard InChI is InChI=1S/C10H10ClNO5S2/c1-7-6-18(14,15)12(10(7)13)8-2-4-9(5-3-8)19(11,16)17/h2-5,7H,6H2,1H3/t7-/m1/s1. The smallest absolute Gasteiger partial charge is 0.261 e. The van der Waals surface area contributed by atoms with Crippen LogP contribution in [0.1, 0.15) is 6.92 Å². The average Bonchev–Trinajstić information content (AvgIpc) is 2.47. The minimum Gasteiger partial charge on any atom is -0.273 e. The molecular weight excluding hydrogens is 314 g/mol. The van der Waals surface area contributed by atoms with Crippen LogP contribution in [0.3, 0.4) is 0 Å². The average molecular weight is 324 g/mol. The summed E-state index contributed by atoms with van der Waals surface area (Å²) in [6, 6.07) is 4.79. The van der Waals surface area contributed by atoms with Crippen LogP contribution in [0.4, 0.5) is 5.69 Å². The van der Waals surface area contributed by atoms with Crippen LogP contribution in [0.25, 0.3) is 0 Å². The molecule has 1 aromatic carbocycles. The fourth-order valence-corrected chi connectivity index (χ4v) is 4.42. The van der Waals surface area contributed by atoms with Crippen LogP contribution in [0, 0.1) is 5.92 Å². The molecule has 0 spiro atoms. The minimum atomic E-state index is -3.88. The summed E-state index contributed by atoms with van der Waals surface area (Å²) in [6.45, 7) is 1.53.